The van der Waals surface area contributed by atoms with Crippen molar-refractivity contribution in [1.29, 1.82) is 0 Å². The van der Waals surface area contributed by atoms with E-state index >= 15 is 0 Å². The molecule has 0 radical (unpaired) electrons. The summed E-state index contributed by atoms with van der Waals surface area (Å²) in [6.07, 6.45) is 3.34. The van der Waals surface area contributed by atoms with Gasteiger partial charge in [-0.2, -0.15) is 0 Å². The van der Waals surface area contributed by atoms with Crippen molar-refractivity contribution < 1.29 is 17.9 Å². The van der Waals surface area contributed by atoms with Gasteiger partial charge >= 0.3 is 0 Å². The number of aromatic nitrogens is 2. The average Bonchev–Trinajstić information content (AvgIpc) is 3.36. The summed E-state index contributed by atoms with van der Waals surface area (Å²) in [5, 5.41) is 1.14. The number of sulfonamides is 1. The number of amides is 1. The monoisotopic (exact) mass is 578 g/mol. The molecule has 0 atom stereocenters. The Morgan fingerprint density at radius 2 is 1.72 bits per heavy atom. The first-order valence-electron chi connectivity index (χ1n) is 11.8. The third kappa shape index (κ3) is 5.88. The molecule has 2 aromatic heterocycles. The molecule has 1 N–H and O–H groups in total. The highest BCUT2D eigenvalue weighted by molar-refractivity contribution is 7.92. The van der Waals surface area contributed by atoms with Crippen molar-refractivity contribution in [3.63, 3.8) is 0 Å². The van der Waals surface area contributed by atoms with Crippen molar-refractivity contribution in [2.45, 2.75) is 18.4 Å². The van der Waals surface area contributed by atoms with E-state index in [0.717, 1.165) is 21.3 Å². The molecule has 5 rings (SSSR count). The highest BCUT2D eigenvalue weighted by Crippen LogP contribution is 2.34. The number of ether oxygens (including phenoxy) is 1. The number of nitrogens with one attached hydrogen (secondary N) is 1. The van der Waals surface area contributed by atoms with Gasteiger partial charge in [-0.1, -0.05) is 22.9 Å². The fourth-order valence-corrected chi connectivity index (χ4v) is 6.44. The predicted octanol–water partition coefficient (Wildman–Crippen LogP) is 6.31. The van der Waals surface area contributed by atoms with Crippen LogP contribution in [0.3, 0.4) is 0 Å². The van der Waals surface area contributed by atoms with Crippen molar-refractivity contribution in [2.75, 3.05) is 16.7 Å². The third-order valence-corrected chi connectivity index (χ3v) is 8.60. The van der Waals surface area contributed by atoms with Crippen LogP contribution in [-0.2, 0) is 16.6 Å². The first kappa shape index (κ1) is 26.6. The van der Waals surface area contributed by atoms with E-state index in [4.69, 9.17) is 21.3 Å². The summed E-state index contributed by atoms with van der Waals surface area (Å²) in [7, 11) is -2.31. The Kier molecular flexibility index (Phi) is 7.51. The number of carbonyl (C=O) groups is 1. The van der Waals surface area contributed by atoms with Crippen molar-refractivity contribution in [3.8, 4) is 5.75 Å². The Balaban J connectivity index is 1.43. The van der Waals surface area contributed by atoms with Gasteiger partial charge < -0.3 is 4.74 Å². The van der Waals surface area contributed by atoms with Crippen LogP contribution in [-0.4, -0.2) is 31.4 Å². The SMILES string of the molecule is COc1ccc(S(=O)(=O)Nc2ccc(C(=O)N(Cc3ccncc3)c3nc4c(C)cc(Cl)cc4s3)cc2)cc1. The van der Waals surface area contributed by atoms with E-state index in [9.17, 15) is 13.2 Å². The Labute approximate surface area is 234 Å². The van der Waals surface area contributed by atoms with Gasteiger partial charge in [0.2, 0.25) is 0 Å². The smallest absolute Gasteiger partial charge is 0.261 e. The molecular formula is C28H23ClN4O4S2. The molecule has 0 aliphatic heterocycles. The Bertz CT molecular complexity index is 1740. The lowest BCUT2D eigenvalue weighted by atomic mass is 10.1. The van der Waals surface area contributed by atoms with Crippen LogP contribution in [0.4, 0.5) is 10.8 Å². The Morgan fingerprint density at radius 1 is 1.03 bits per heavy atom. The molecule has 0 saturated heterocycles. The first-order chi connectivity index (χ1) is 18.7. The van der Waals surface area contributed by atoms with Gasteiger partial charge in [-0.15, -0.1) is 0 Å². The molecule has 39 heavy (non-hydrogen) atoms. The van der Waals surface area contributed by atoms with E-state index in [2.05, 4.69) is 9.71 Å². The van der Waals surface area contributed by atoms with Crippen molar-refractivity contribution in [1.82, 2.24) is 9.97 Å². The van der Waals surface area contributed by atoms with Gasteiger partial charge in [0.05, 0.1) is 28.8 Å². The summed E-state index contributed by atoms with van der Waals surface area (Å²) >= 11 is 7.63. The van der Waals surface area contributed by atoms with Gasteiger partial charge in [0, 0.05) is 28.7 Å². The first-order valence-corrected chi connectivity index (χ1v) is 14.5. The number of carbonyl (C=O) groups excluding carboxylic acids is 1. The summed E-state index contributed by atoms with van der Waals surface area (Å²) < 4.78 is 34.1. The van der Waals surface area contributed by atoms with E-state index < -0.39 is 10.0 Å². The van der Waals surface area contributed by atoms with Crippen molar-refractivity contribution >= 4 is 59.9 Å². The molecule has 0 unspecified atom stereocenters. The second-order valence-corrected chi connectivity index (χ2v) is 11.8. The van der Waals surface area contributed by atoms with Crippen LogP contribution >= 0.6 is 22.9 Å². The topological polar surface area (TPSA) is 101 Å². The molecule has 3 aromatic carbocycles. The molecule has 0 aliphatic rings. The molecule has 0 fully saturated rings. The maximum absolute atomic E-state index is 13.8. The van der Waals surface area contributed by atoms with Crippen LogP contribution in [0.1, 0.15) is 21.5 Å². The minimum Gasteiger partial charge on any atom is -0.497 e. The van der Waals surface area contributed by atoms with Crippen LogP contribution in [0.5, 0.6) is 5.75 Å². The van der Waals surface area contributed by atoms with Crippen LogP contribution in [0.25, 0.3) is 10.2 Å². The summed E-state index contributed by atoms with van der Waals surface area (Å²) in [5.74, 6) is 0.277. The molecule has 0 saturated carbocycles. The zero-order valence-corrected chi connectivity index (χ0v) is 23.3. The molecule has 2 heterocycles. The summed E-state index contributed by atoms with van der Waals surface area (Å²) in [4.78, 5) is 24.3. The van der Waals surface area contributed by atoms with E-state index in [1.807, 2.05) is 31.2 Å². The van der Waals surface area contributed by atoms with Crippen LogP contribution < -0.4 is 14.4 Å². The van der Waals surface area contributed by atoms with Gasteiger partial charge in [-0.25, -0.2) is 13.4 Å². The number of rotatable bonds is 8. The number of hydrogen-bond donors (Lipinski definition) is 1. The molecule has 8 nitrogen and oxygen atoms in total. The van der Waals surface area contributed by atoms with Crippen LogP contribution in [0, 0.1) is 6.92 Å². The molecular weight excluding hydrogens is 556 g/mol. The second kappa shape index (κ2) is 11.0. The number of benzene rings is 3. The zero-order chi connectivity index (χ0) is 27.6. The van der Waals surface area contributed by atoms with Gasteiger partial charge in [0.1, 0.15) is 5.75 Å². The fourth-order valence-electron chi connectivity index (χ4n) is 3.96. The number of anilines is 2. The lowest BCUT2D eigenvalue weighted by Gasteiger charge is -2.20. The standard InChI is InChI=1S/C28H23ClN4O4S2/c1-18-15-21(29)16-25-26(18)31-28(38-25)33(17-19-11-13-30-14-12-19)27(34)20-3-5-22(6-4-20)32-39(35,36)24-9-7-23(37-2)8-10-24/h3-16,32H,17H2,1-2H3. The Hall–Kier alpha value is -3.99. The summed E-state index contributed by atoms with van der Waals surface area (Å²) in [6, 6.07) is 19.7. The summed E-state index contributed by atoms with van der Waals surface area (Å²) in [6.45, 7) is 2.21. The molecule has 11 heteroatoms. The Morgan fingerprint density at radius 3 is 2.38 bits per heavy atom. The maximum Gasteiger partial charge on any atom is 0.261 e. The fraction of sp³-hybridized carbons (Fsp3) is 0.107. The molecule has 0 aliphatic carbocycles. The predicted molar refractivity (Wildman–Crippen MR) is 154 cm³/mol. The molecule has 0 spiro atoms. The van der Waals surface area contributed by atoms with E-state index in [0.29, 0.717) is 27.2 Å². The molecule has 198 valence electrons. The largest absolute Gasteiger partial charge is 0.497 e. The molecule has 1 amide bonds. The number of thiazole rings is 1. The zero-order valence-electron chi connectivity index (χ0n) is 21.0. The number of halogens is 1. The minimum absolute atomic E-state index is 0.0956. The number of fused-ring (bicyclic) bond motifs is 1. The van der Waals surface area contributed by atoms with E-state index in [1.54, 1.807) is 53.7 Å². The molecule has 0 bridgehead atoms. The van der Waals surface area contributed by atoms with E-state index in [1.165, 1.54) is 30.6 Å². The summed E-state index contributed by atoms with van der Waals surface area (Å²) in [5.41, 5.74) is 3.30. The highest BCUT2D eigenvalue weighted by Gasteiger charge is 2.23. The minimum atomic E-state index is -3.82. The number of hydrogen-bond acceptors (Lipinski definition) is 7. The average molecular weight is 579 g/mol. The second-order valence-electron chi connectivity index (χ2n) is 8.67. The number of pyridine rings is 1. The van der Waals surface area contributed by atoms with Crippen molar-refractivity contribution in [3.05, 3.63) is 107 Å². The highest BCUT2D eigenvalue weighted by atomic mass is 35.5. The molecule has 5 aromatic rings. The van der Waals surface area contributed by atoms with Gasteiger partial charge in [-0.3, -0.25) is 19.4 Å². The third-order valence-electron chi connectivity index (χ3n) is 5.96. The lowest BCUT2D eigenvalue weighted by molar-refractivity contribution is 0.0985. The number of methoxy groups -OCH3 is 1. The normalized spacial score (nSPS) is 11.4. The number of nitrogens with zero attached hydrogens (tertiary/aromatic N) is 3. The van der Waals surface area contributed by atoms with E-state index in [-0.39, 0.29) is 17.3 Å². The lowest BCUT2D eigenvalue weighted by Crippen LogP contribution is -2.30. The van der Waals surface area contributed by atoms with Gasteiger partial charge in [-0.05, 0) is 90.8 Å². The number of aryl methyl sites for hydroxylation is 1. The van der Waals surface area contributed by atoms with Crippen molar-refractivity contribution in [2.24, 2.45) is 0 Å². The van der Waals surface area contributed by atoms with Crippen LogP contribution in [0.15, 0.2) is 90.1 Å². The quantitative estimate of drug-likeness (QED) is 0.231. The van der Waals surface area contributed by atoms with Gasteiger partial charge in [0.15, 0.2) is 5.13 Å². The van der Waals surface area contributed by atoms with Crippen LogP contribution in [0.2, 0.25) is 5.02 Å². The van der Waals surface area contributed by atoms with Gasteiger partial charge in [0.25, 0.3) is 15.9 Å². The maximum atomic E-state index is 13.8.